The van der Waals surface area contributed by atoms with E-state index in [9.17, 15) is 28.8 Å². The maximum absolute atomic E-state index is 11.9. The lowest BCUT2D eigenvalue weighted by atomic mass is 10.1. The largest absolute Gasteiger partial charge is 0.465 e. The number of carboxylic acid groups (broad SMARTS) is 2. The van der Waals surface area contributed by atoms with Gasteiger partial charge >= 0.3 is 24.4 Å². The minimum absolute atomic E-state index is 0. The minimum Gasteiger partial charge on any atom is -0.465 e. The van der Waals surface area contributed by atoms with Gasteiger partial charge in [-0.15, -0.1) is 0 Å². The number of hydrogen-bond donors (Lipinski definition) is 3. The summed E-state index contributed by atoms with van der Waals surface area (Å²) >= 11 is 9.59. The van der Waals surface area contributed by atoms with Crippen molar-refractivity contribution in [3.05, 3.63) is 117 Å². The van der Waals surface area contributed by atoms with Crippen LogP contribution in [0, 0.1) is 0 Å². The van der Waals surface area contributed by atoms with Gasteiger partial charge in [-0.05, 0) is 96.9 Å². The van der Waals surface area contributed by atoms with Crippen molar-refractivity contribution in [3.8, 4) is 0 Å². The predicted molar refractivity (Wildman–Crippen MR) is 233 cm³/mol. The fraction of sp³-hybridized carbons (Fsp3) is 0.300. The lowest BCUT2D eigenvalue weighted by Crippen LogP contribution is -2.35. The number of isothiocyanates is 1. The summed E-state index contributed by atoms with van der Waals surface area (Å²) in [5, 5.41) is 20.6. The number of thiocarbonyl (C=S) groups is 2. The maximum atomic E-state index is 11.9. The van der Waals surface area contributed by atoms with Crippen LogP contribution in [0.2, 0.25) is 0 Å². The zero-order valence-electron chi connectivity index (χ0n) is 30.6. The summed E-state index contributed by atoms with van der Waals surface area (Å²) in [6.45, 7) is 2.29. The molecule has 0 aliphatic carbocycles. The summed E-state index contributed by atoms with van der Waals surface area (Å²) in [5.74, 6) is 0. The van der Waals surface area contributed by atoms with Gasteiger partial charge in [0, 0.05) is 55.5 Å². The number of aliphatic imine (C=N–C) groups is 1. The lowest BCUT2D eigenvalue weighted by Gasteiger charge is -2.16. The molecular weight excluding hydrogens is 817 g/mol. The third kappa shape index (κ3) is 10.1. The number of carbonyl (C=O) groups excluding carboxylic acids is 2. The lowest BCUT2D eigenvalue weighted by molar-refractivity contribution is 0.144. The molecule has 4 aromatic rings. The molecule has 2 aromatic carbocycles. The van der Waals surface area contributed by atoms with Gasteiger partial charge in [0.2, 0.25) is 0 Å². The van der Waals surface area contributed by atoms with E-state index in [0.717, 1.165) is 16.8 Å². The molecular formula is C40H44N8O10S2. The zero-order valence-corrected chi connectivity index (χ0v) is 32.2. The van der Waals surface area contributed by atoms with Gasteiger partial charge in [-0.25, -0.2) is 24.2 Å². The molecule has 0 unspecified atom stereocenters. The Balaban J connectivity index is 0.000000198. The van der Waals surface area contributed by atoms with Gasteiger partial charge in [0.25, 0.3) is 11.1 Å². The minimum atomic E-state index is -0.967. The van der Waals surface area contributed by atoms with Crippen molar-refractivity contribution in [3.63, 3.8) is 0 Å². The van der Waals surface area contributed by atoms with Gasteiger partial charge in [-0.1, -0.05) is 27.0 Å². The van der Waals surface area contributed by atoms with Gasteiger partial charge in [0.15, 0.2) is 5.11 Å². The number of fused-ring (bicyclic) bond motifs is 2. The Morgan fingerprint density at radius 3 is 1.58 bits per heavy atom. The summed E-state index contributed by atoms with van der Waals surface area (Å²) in [5.41, 5.74) is 9.59. The Kier molecular flexibility index (Phi) is 15.6. The highest BCUT2D eigenvalue weighted by molar-refractivity contribution is 7.80. The van der Waals surface area contributed by atoms with E-state index in [1.165, 1.54) is 53.3 Å². The van der Waals surface area contributed by atoms with Crippen LogP contribution in [0.15, 0.2) is 99.8 Å². The fourth-order valence-electron chi connectivity index (χ4n) is 6.62. The summed E-state index contributed by atoms with van der Waals surface area (Å²) < 4.78 is 12.8. The summed E-state index contributed by atoms with van der Waals surface area (Å²) in [6.07, 6.45) is 0.957. The second kappa shape index (κ2) is 20.3. The van der Waals surface area contributed by atoms with Crippen LogP contribution in [-0.2, 0) is 22.3 Å². The molecule has 60 heavy (non-hydrogen) atoms. The van der Waals surface area contributed by atoms with Gasteiger partial charge < -0.3 is 25.4 Å². The molecule has 18 nitrogen and oxygen atoms in total. The average molecular weight is 861 g/mol. The second-order valence-electron chi connectivity index (χ2n) is 13.0. The second-order valence-corrected chi connectivity index (χ2v) is 13.5. The van der Waals surface area contributed by atoms with E-state index >= 15 is 0 Å². The summed E-state index contributed by atoms with van der Waals surface area (Å²) in [7, 11) is 0. The average Bonchev–Trinajstić information content (AvgIpc) is 4.02. The molecule has 0 radical (unpaired) electrons. The third-order valence-corrected chi connectivity index (χ3v) is 9.95. The molecule has 4 aliphatic heterocycles. The van der Waals surface area contributed by atoms with E-state index in [1.54, 1.807) is 48.5 Å². The van der Waals surface area contributed by atoms with E-state index < -0.39 is 24.4 Å². The number of nitrogens with two attached hydrogens (primary N) is 1. The number of ether oxygens (including phenoxy) is 2. The Morgan fingerprint density at radius 1 is 0.733 bits per heavy atom. The number of rotatable bonds is 5. The SMILES string of the molecule is C.C.NC[C@H]1CN(c2ccc3c(c2)CCN3C(=O)O)C(=O)O1.O=C1O[C@@H](CN=C=S)CN1c1ccc2c(c1)CCN2C(=O)O.O=c1ccccn1C(=S)n1ccccc1=O. The Morgan fingerprint density at radius 2 is 1.18 bits per heavy atom. The van der Waals surface area contributed by atoms with Gasteiger partial charge in [-0.2, -0.15) is 0 Å². The van der Waals surface area contributed by atoms with Crippen molar-refractivity contribution in [1.29, 1.82) is 0 Å². The molecule has 2 saturated heterocycles. The zero-order chi connectivity index (χ0) is 41.5. The summed E-state index contributed by atoms with van der Waals surface area (Å²) in [6, 6.07) is 20.0. The number of pyridine rings is 2. The van der Waals surface area contributed by atoms with Crippen LogP contribution < -0.4 is 36.5 Å². The number of cyclic esters (lactones) is 2. The highest BCUT2D eigenvalue weighted by atomic mass is 32.1. The number of carbonyl (C=O) groups is 4. The van der Waals surface area contributed by atoms with Crippen LogP contribution >= 0.6 is 24.4 Å². The first-order valence-corrected chi connectivity index (χ1v) is 18.6. The fourth-order valence-corrected chi connectivity index (χ4v) is 6.99. The molecule has 4 aliphatic rings. The van der Waals surface area contributed by atoms with Crippen LogP contribution in [-0.4, -0.2) is 105 Å². The number of benzene rings is 2. The first-order chi connectivity index (χ1) is 27.9. The first-order valence-electron chi connectivity index (χ1n) is 17.8. The molecule has 0 bridgehead atoms. The summed E-state index contributed by atoms with van der Waals surface area (Å²) in [4.78, 5) is 78.3. The van der Waals surface area contributed by atoms with Crippen LogP contribution in [0.3, 0.4) is 0 Å². The molecule has 316 valence electrons. The molecule has 0 saturated carbocycles. The molecule has 8 rings (SSSR count). The standard InChI is InChI=1S/C14H13N3O4S.C13H15N3O4.C11H8N2O2S.2CH4/c18-13(19)16-4-3-9-5-10(1-2-12(9)16)17-7-11(6-15-8-22)21-14(17)20;14-6-10-7-16(13(19)20-10)9-1-2-11-8(5-9)3-4-15(11)12(17)18;14-9-5-1-3-7-12(9)11(16)13-8-4-2-6-10(13)15;;/h1-2,5,11H,3-4,6-7H2,(H,18,19);1-2,5,10H,3-4,6-7,14H2,(H,17,18);1-8H;2*1H4/t11-;10-;;;/m00.../s1. The van der Waals surface area contributed by atoms with E-state index in [0.29, 0.717) is 69.2 Å². The molecule has 6 heterocycles. The molecule has 4 N–H and O–H groups in total. The third-order valence-electron chi connectivity index (χ3n) is 9.43. The van der Waals surface area contributed by atoms with Gasteiger partial charge in [0.1, 0.15) is 12.2 Å². The maximum Gasteiger partial charge on any atom is 0.414 e. The molecule has 2 fully saturated rings. The number of amides is 4. The van der Waals surface area contributed by atoms with Crippen molar-refractivity contribution < 1.29 is 38.9 Å². The Bertz CT molecular complexity index is 2380. The van der Waals surface area contributed by atoms with E-state index in [1.807, 2.05) is 12.1 Å². The number of hydrogen-bond acceptors (Lipinski definition) is 12. The van der Waals surface area contributed by atoms with E-state index in [-0.39, 0.29) is 43.3 Å². The van der Waals surface area contributed by atoms with Crippen molar-refractivity contribution in [2.24, 2.45) is 10.7 Å². The molecule has 4 amide bonds. The Hall–Kier alpha value is -6.73. The van der Waals surface area contributed by atoms with Gasteiger partial charge in [0.05, 0.1) is 36.2 Å². The number of aromatic nitrogens is 2. The molecule has 2 atom stereocenters. The van der Waals surface area contributed by atoms with Crippen LogP contribution in [0.5, 0.6) is 0 Å². The topological polar surface area (TPSA) is 223 Å². The predicted octanol–water partition coefficient (Wildman–Crippen LogP) is 5.13. The monoisotopic (exact) mass is 860 g/mol. The number of anilines is 4. The van der Waals surface area contributed by atoms with Crippen LogP contribution in [0.25, 0.3) is 0 Å². The van der Waals surface area contributed by atoms with E-state index in [2.05, 4.69) is 22.4 Å². The van der Waals surface area contributed by atoms with Crippen molar-refractivity contribution in [2.45, 2.75) is 39.9 Å². The van der Waals surface area contributed by atoms with Crippen molar-refractivity contribution in [2.75, 3.05) is 58.9 Å². The highest BCUT2D eigenvalue weighted by Crippen LogP contribution is 2.34. The molecule has 20 heteroatoms. The Labute approximate surface area is 355 Å². The quantitative estimate of drug-likeness (QED) is 0.175. The van der Waals surface area contributed by atoms with E-state index in [4.69, 9.17) is 37.6 Å². The highest BCUT2D eigenvalue weighted by Gasteiger charge is 2.34. The normalized spacial score (nSPS) is 16.9. The van der Waals surface area contributed by atoms with Gasteiger partial charge in [-0.3, -0.25) is 38.3 Å². The molecule has 0 spiro atoms. The smallest absolute Gasteiger partial charge is 0.414 e. The van der Waals surface area contributed by atoms with Crippen LogP contribution in [0.4, 0.5) is 41.9 Å². The first kappa shape index (κ1) is 46.0. The molecule has 2 aromatic heterocycles. The van der Waals surface area contributed by atoms with Crippen molar-refractivity contribution in [1.82, 2.24) is 9.13 Å². The number of nitrogens with zero attached hydrogens (tertiary/aromatic N) is 7. The van der Waals surface area contributed by atoms with Crippen LogP contribution in [0.1, 0.15) is 26.0 Å². The van der Waals surface area contributed by atoms with Crippen molar-refractivity contribution >= 4 is 81.8 Å².